The molecule has 1 amide bonds. The molecule has 0 atom stereocenters. The van der Waals surface area contributed by atoms with E-state index in [1.165, 1.54) is 0 Å². The quantitative estimate of drug-likeness (QED) is 0.806. The predicted molar refractivity (Wildman–Crippen MR) is 66.7 cm³/mol. The molecule has 17 heavy (non-hydrogen) atoms. The third-order valence-corrected chi connectivity index (χ3v) is 3.13. The van der Waals surface area contributed by atoms with Crippen LogP contribution in [0.1, 0.15) is 16.8 Å². The summed E-state index contributed by atoms with van der Waals surface area (Å²) in [6.45, 7) is 1.65. The van der Waals surface area contributed by atoms with Gasteiger partial charge in [-0.1, -0.05) is 18.2 Å². The number of amides is 1. The Morgan fingerprint density at radius 1 is 1.29 bits per heavy atom. The van der Waals surface area contributed by atoms with Crippen molar-refractivity contribution in [1.29, 1.82) is 0 Å². The number of hydrogen-bond donors (Lipinski definition) is 1. The highest BCUT2D eigenvalue weighted by atomic mass is 16.2. The van der Waals surface area contributed by atoms with Crippen LogP contribution in [-0.2, 0) is 0 Å². The summed E-state index contributed by atoms with van der Waals surface area (Å²) in [5, 5.41) is 0.950. The number of aromatic nitrogens is 1. The minimum atomic E-state index is -0.00740. The average molecular weight is 227 g/mol. The molecule has 0 spiro atoms. The number of nitrogens with zero attached hydrogens (tertiary/aromatic N) is 2. The van der Waals surface area contributed by atoms with Crippen molar-refractivity contribution in [3.8, 4) is 0 Å². The van der Waals surface area contributed by atoms with Gasteiger partial charge in [-0.2, -0.15) is 0 Å². The van der Waals surface area contributed by atoms with Crippen LogP contribution >= 0.6 is 0 Å². The maximum Gasteiger partial charge on any atom is 0.257 e. The van der Waals surface area contributed by atoms with Gasteiger partial charge >= 0.3 is 0 Å². The molecule has 2 aromatic rings. The second-order valence-electron chi connectivity index (χ2n) is 4.26. The number of nitrogens with two attached hydrogens (primary N) is 1. The first-order valence-electron chi connectivity index (χ1n) is 5.70. The van der Waals surface area contributed by atoms with Gasteiger partial charge in [0.2, 0.25) is 0 Å². The van der Waals surface area contributed by atoms with Crippen LogP contribution in [0.4, 0.5) is 5.82 Å². The lowest BCUT2D eigenvalue weighted by Crippen LogP contribution is -2.42. The van der Waals surface area contributed by atoms with Crippen LogP contribution in [0, 0.1) is 0 Å². The van der Waals surface area contributed by atoms with Crippen LogP contribution in [0.15, 0.2) is 30.3 Å². The topological polar surface area (TPSA) is 59.2 Å². The molecule has 2 heterocycles. The molecule has 1 fully saturated rings. The van der Waals surface area contributed by atoms with Crippen LogP contribution < -0.4 is 5.73 Å². The van der Waals surface area contributed by atoms with Crippen LogP contribution in [0.3, 0.4) is 0 Å². The van der Waals surface area contributed by atoms with Crippen LogP contribution in [0.5, 0.6) is 0 Å². The summed E-state index contributed by atoms with van der Waals surface area (Å²) < 4.78 is 0. The van der Waals surface area contributed by atoms with Gasteiger partial charge in [0.1, 0.15) is 5.82 Å². The second-order valence-corrected chi connectivity index (χ2v) is 4.26. The minimum absolute atomic E-state index is 0.00740. The van der Waals surface area contributed by atoms with Crippen LogP contribution in [-0.4, -0.2) is 28.9 Å². The fourth-order valence-electron chi connectivity index (χ4n) is 1.99. The van der Waals surface area contributed by atoms with Crippen molar-refractivity contribution in [2.75, 3.05) is 18.8 Å². The number of nitrogen functional groups attached to an aromatic ring is 1. The summed E-state index contributed by atoms with van der Waals surface area (Å²) in [6, 6.07) is 9.50. The number of rotatable bonds is 1. The molecule has 1 aromatic carbocycles. The molecular weight excluding hydrogens is 214 g/mol. The number of para-hydroxylation sites is 1. The van der Waals surface area contributed by atoms with Gasteiger partial charge in [-0.3, -0.25) is 4.79 Å². The predicted octanol–water partition coefficient (Wildman–Crippen LogP) is 1.66. The summed E-state index contributed by atoms with van der Waals surface area (Å²) >= 11 is 0. The van der Waals surface area contributed by atoms with E-state index in [2.05, 4.69) is 4.98 Å². The Hall–Kier alpha value is -2.10. The fourth-order valence-corrected chi connectivity index (χ4v) is 1.99. The van der Waals surface area contributed by atoms with Gasteiger partial charge in [0, 0.05) is 18.5 Å². The van der Waals surface area contributed by atoms with Gasteiger partial charge in [-0.25, -0.2) is 4.98 Å². The molecule has 1 aliphatic heterocycles. The molecule has 4 nitrogen and oxygen atoms in total. The standard InChI is InChI=1S/C13H13N3O/c14-12-10(13(17)16-6-3-7-16)8-9-4-1-2-5-11(9)15-12/h1-2,4-5,8H,3,6-7H2,(H2,14,15). The van der Waals surface area contributed by atoms with E-state index in [4.69, 9.17) is 5.73 Å². The lowest BCUT2D eigenvalue weighted by Gasteiger charge is -2.31. The number of benzene rings is 1. The number of carbonyl (C=O) groups is 1. The fraction of sp³-hybridized carbons (Fsp3) is 0.231. The first kappa shape index (κ1) is 10.1. The first-order chi connectivity index (χ1) is 8.25. The monoisotopic (exact) mass is 227 g/mol. The third kappa shape index (κ3) is 1.62. The number of likely N-dealkylation sites (tertiary alicyclic amines) is 1. The Morgan fingerprint density at radius 2 is 2.06 bits per heavy atom. The Labute approximate surface area is 99.0 Å². The zero-order valence-corrected chi connectivity index (χ0v) is 9.39. The van der Waals surface area contributed by atoms with E-state index in [1.807, 2.05) is 30.3 Å². The lowest BCUT2D eigenvalue weighted by molar-refractivity contribution is 0.0653. The molecule has 3 rings (SSSR count). The zero-order chi connectivity index (χ0) is 11.8. The summed E-state index contributed by atoms with van der Waals surface area (Å²) in [7, 11) is 0. The van der Waals surface area contributed by atoms with Crippen molar-refractivity contribution in [2.45, 2.75) is 6.42 Å². The van der Waals surface area contributed by atoms with Crippen molar-refractivity contribution >= 4 is 22.6 Å². The molecule has 1 aliphatic rings. The SMILES string of the molecule is Nc1nc2ccccc2cc1C(=O)N1CCC1. The summed E-state index contributed by atoms with van der Waals surface area (Å²) in [6.07, 6.45) is 1.08. The van der Waals surface area contributed by atoms with Gasteiger partial charge in [-0.15, -0.1) is 0 Å². The molecule has 1 aromatic heterocycles. The number of pyridine rings is 1. The molecule has 0 bridgehead atoms. The molecule has 86 valence electrons. The van der Waals surface area contributed by atoms with Crippen molar-refractivity contribution in [2.24, 2.45) is 0 Å². The molecule has 4 heteroatoms. The van der Waals surface area contributed by atoms with Gasteiger partial charge in [0.25, 0.3) is 5.91 Å². The maximum absolute atomic E-state index is 12.1. The number of carbonyl (C=O) groups excluding carboxylic acids is 1. The van der Waals surface area contributed by atoms with E-state index >= 15 is 0 Å². The Bertz CT molecular complexity index is 590. The average Bonchev–Trinajstić information content (AvgIpc) is 2.25. The largest absolute Gasteiger partial charge is 0.383 e. The molecule has 2 N–H and O–H groups in total. The van der Waals surface area contributed by atoms with Gasteiger partial charge in [0.05, 0.1) is 11.1 Å². The van der Waals surface area contributed by atoms with E-state index in [0.29, 0.717) is 11.4 Å². The minimum Gasteiger partial charge on any atom is -0.383 e. The van der Waals surface area contributed by atoms with Crippen molar-refractivity contribution in [3.63, 3.8) is 0 Å². The summed E-state index contributed by atoms with van der Waals surface area (Å²) in [5.41, 5.74) is 7.19. The molecule has 0 radical (unpaired) electrons. The highest BCUT2D eigenvalue weighted by Crippen LogP contribution is 2.21. The maximum atomic E-state index is 12.1. The number of fused-ring (bicyclic) bond motifs is 1. The molecule has 1 saturated heterocycles. The van der Waals surface area contributed by atoms with E-state index in [0.717, 1.165) is 30.4 Å². The molecule has 0 unspecified atom stereocenters. The number of hydrogen-bond acceptors (Lipinski definition) is 3. The molecule has 0 aliphatic carbocycles. The van der Waals surface area contributed by atoms with Crippen molar-refractivity contribution < 1.29 is 4.79 Å². The van der Waals surface area contributed by atoms with Crippen molar-refractivity contribution in [1.82, 2.24) is 9.88 Å². The zero-order valence-electron chi connectivity index (χ0n) is 9.39. The van der Waals surface area contributed by atoms with Crippen LogP contribution in [0.25, 0.3) is 10.9 Å². The third-order valence-electron chi connectivity index (χ3n) is 3.13. The highest BCUT2D eigenvalue weighted by Gasteiger charge is 2.23. The van der Waals surface area contributed by atoms with Gasteiger partial charge in [0.15, 0.2) is 0 Å². The summed E-state index contributed by atoms with van der Waals surface area (Å²) in [4.78, 5) is 18.2. The van der Waals surface area contributed by atoms with Gasteiger partial charge in [-0.05, 0) is 18.6 Å². The Morgan fingerprint density at radius 3 is 2.76 bits per heavy atom. The normalized spacial score (nSPS) is 14.7. The molecule has 0 saturated carbocycles. The summed E-state index contributed by atoms with van der Waals surface area (Å²) in [5.74, 6) is 0.313. The lowest BCUT2D eigenvalue weighted by atomic mass is 10.1. The van der Waals surface area contributed by atoms with E-state index < -0.39 is 0 Å². The van der Waals surface area contributed by atoms with E-state index in [9.17, 15) is 4.79 Å². The van der Waals surface area contributed by atoms with Gasteiger partial charge < -0.3 is 10.6 Å². The van der Waals surface area contributed by atoms with Crippen molar-refractivity contribution in [3.05, 3.63) is 35.9 Å². The Balaban J connectivity index is 2.09. The second kappa shape index (κ2) is 3.73. The first-order valence-corrected chi connectivity index (χ1v) is 5.70. The smallest absolute Gasteiger partial charge is 0.257 e. The number of anilines is 1. The highest BCUT2D eigenvalue weighted by molar-refractivity contribution is 6.02. The van der Waals surface area contributed by atoms with E-state index in [-0.39, 0.29) is 5.91 Å². The Kier molecular flexibility index (Phi) is 2.21. The molecular formula is C13H13N3O. The van der Waals surface area contributed by atoms with E-state index in [1.54, 1.807) is 4.90 Å². The van der Waals surface area contributed by atoms with Crippen LogP contribution in [0.2, 0.25) is 0 Å².